The number of benzene rings is 1. The van der Waals surface area contributed by atoms with Gasteiger partial charge in [-0.05, 0) is 24.6 Å². The lowest BCUT2D eigenvalue weighted by Crippen LogP contribution is -2.26. The van der Waals surface area contributed by atoms with E-state index in [-0.39, 0.29) is 0 Å². The fourth-order valence-electron chi connectivity index (χ4n) is 1.43. The molecule has 0 bridgehead atoms. The van der Waals surface area contributed by atoms with Crippen LogP contribution in [-0.2, 0) is 16.0 Å². The zero-order valence-corrected chi connectivity index (χ0v) is 9.47. The number of hydrogen-bond acceptors (Lipinski definition) is 3. The summed E-state index contributed by atoms with van der Waals surface area (Å²) in [5.41, 5.74) is 0.889. The predicted molar refractivity (Wildman–Crippen MR) is 59.7 cm³/mol. The molecule has 0 aliphatic heterocycles. The van der Waals surface area contributed by atoms with E-state index in [1.807, 2.05) is 24.3 Å². The molecule has 1 N–H and O–H groups in total. The Morgan fingerprint density at radius 1 is 1.50 bits per heavy atom. The van der Waals surface area contributed by atoms with Crippen LogP contribution in [0.5, 0.6) is 5.75 Å². The average molecular weight is 224 g/mol. The van der Waals surface area contributed by atoms with Gasteiger partial charge in [0.15, 0.2) is 6.10 Å². The van der Waals surface area contributed by atoms with Crippen LogP contribution in [0.25, 0.3) is 0 Å². The van der Waals surface area contributed by atoms with Crippen molar-refractivity contribution >= 4 is 5.97 Å². The van der Waals surface area contributed by atoms with E-state index in [1.54, 1.807) is 14.0 Å². The quantitative estimate of drug-likeness (QED) is 0.799. The molecule has 1 rings (SSSR count). The summed E-state index contributed by atoms with van der Waals surface area (Å²) in [6.45, 7) is 2.17. The van der Waals surface area contributed by atoms with Crippen molar-refractivity contribution < 1.29 is 19.4 Å². The molecule has 4 heteroatoms. The second-order valence-corrected chi connectivity index (χ2v) is 3.34. The summed E-state index contributed by atoms with van der Waals surface area (Å²) in [5.74, 6) is -0.220. The van der Waals surface area contributed by atoms with Crippen molar-refractivity contribution in [1.29, 1.82) is 0 Å². The fourth-order valence-corrected chi connectivity index (χ4v) is 1.43. The Morgan fingerprint density at radius 2 is 2.25 bits per heavy atom. The SMILES string of the molecule is CCO[C@H](Cc1cccc(OC)c1)C(=O)O. The smallest absolute Gasteiger partial charge is 0.333 e. The minimum Gasteiger partial charge on any atom is -0.497 e. The van der Waals surface area contributed by atoms with Gasteiger partial charge in [-0.15, -0.1) is 0 Å². The Labute approximate surface area is 94.8 Å². The van der Waals surface area contributed by atoms with Gasteiger partial charge in [-0.2, -0.15) is 0 Å². The summed E-state index contributed by atoms with van der Waals surface area (Å²) in [4.78, 5) is 10.9. The van der Waals surface area contributed by atoms with Crippen LogP contribution >= 0.6 is 0 Å². The largest absolute Gasteiger partial charge is 0.497 e. The van der Waals surface area contributed by atoms with Gasteiger partial charge in [-0.3, -0.25) is 0 Å². The molecule has 1 atom stereocenters. The van der Waals surface area contributed by atoms with Gasteiger partial charge in [-0.1, -0.05) is 12.1 Å². The number of aliphatic carboxylic acids is 1. The van der Waals surface area contributed by atoms with E-state index in [9.17, 15) is 4.79 Å². The highest BCUT2D eigenvalue weighted by atomic mass is 16.5. The highest BCUT2D eigenvalue weighted by molar-refractivity contribution is 5.72. The van der Waals surface area contributed by atoms with Crippen molar-refractivity contribution in [3.05, 3.63) is 29.8 Å². The Morgan fingerprint density at radius 3 is 2.81 bits per heavy atom. The van der Waals surface area contributed by atoms with Crippen LogP contribution < -0.4 is 4.74 Å². The number of rotatable bonds is 6. The minimum atomic E-state index is -0.940. The van der Waals surface area contributed by atoms with Gasteiger partial charge in [0.25, 0.3) is 0 Å². The van der Waals surface area contributed by atoms with E-state index in [0.29, 0.717) is 13.0 Å². The van der Waals surface area contributed by atoms with Gasteiger partial charge in [0, 0.05) is 13.0 Å². The first-order valence-corrected chi connectivity index (χ1v) is 5.14. The number of carbonyl (C=O) groups is 1. The summed E-state index contributed by atoms with van der Waals surface area (Å²) in [6.07, 6.45) is -0.447. The average Bonchev–Trinajstić information content (AvgIpc) is 2.28. The van der Waals surface area contributed by atoms with Crippen LogP contribution in [0.15, 0.2) is 24.3 Å². The van der Waals surface area contributed by atoms with E-state index in [0.717, 1.165) is 11.3 Å². The number of ether oxygens (including phenoxy) is 2. The normalized spacial score (nSPS) is 12.1. The van der Waals surface area contributed by atoms with Crippen LogP contribution in [0, 0.1) is 0 Å². The summed E-state index contributed by atoms with van der Waals surface area (Å²) in [5, 5.41) is 8.94. The number of hydrogen-bond donors (Lipinski definition) is 1. The Kier molecular flexibility index (Phi) is 4.79. The van der Waals surface area contributed by atoms with Gasteiger partial charge < -0.3 is 14.6 Å². The Bertz CT molecular complexity index is 349. The van der Waals surface area contributed by atoms with Gasteiger partial charge in [-0.25, -0.2) is 4.79 Å². The highest BCUT2D eigenvalue weighted by Gasteiger charge is 2.17. The van der Waals surface area contributed by atoms with Crippen molar-refractivity contribution in [1.82, 2.24) is 0 Å². The van der Waals surface area contributed by atoms with Gasteiger partial charge in [0.05, 0.1) is 7.11 Å². The van der Waals surface area contributed by atoms with Crippen molar-refractivity contribution in [3.63, 3.8) is 0 Å². The molecule has 0 saturated carbocycles. The molecule has 0 radical (unpaired) electrons. The van der Waals surface area contributed by atoms with E-state index in [2.05, 4.69) is 0 Å². The van der Waals surface area contributed by atoms with Crippen LogP contribution in [0.3, 0.4) is 0 Å². The monoisotopic (exact) mass is 224 g/mol. The summed E-state index contributed by atoms with van der Waals surface area (Å²) in [6, 6.07) is 7.32. The molecule has 0 aliphatic rings. The van der Waals surface area contributed by atoms with E-state index in [4.69, 9.17) is 14.6 Å². The molecule has 0 amide bonds. The molecule has 0 aliphatic carbocycles. The highest BCUT2D eigenvalue weighted by Crippen LogP contribution is 2.15. The van der Waals surface area contributed by atoms with Crippen LogP contribution in [0.4, 0.5) is 0 Å². The topological polar surface area (TPSA) is 55.8 Å². The zero-order valence-electron chi connectivity index (χ0n) is 9.47. The minimum absolute atomic E-state index is 0.348. The molecular weight excluding hydrogens is 208 g/mol. The van der Waals surface area contributed by atoms with Crippen LogP contribution in [0.1, 0.15) is 12.5 Å². The third-order valence-electron chi connectivity index (χ3n) is 2.20. The number of carboxylic acid groups (broad SMARTS) is 1. The molecule has 0 saturated heterocycles. The summed E-state index contributed by atoms with van der Waals surface area (Å²) in [7, 11) is 1.58. The maximum Gasteiger partial charge on any atom is 0.333 e. The predicted octanol–water partition coefficient (Wildman–Crippen LogP) is 1.73. The second kappa shape index (κ2) is 6.12. The maximum absolute atomic E-state index is 10.9. The molecule has 1 aromatic carbocycles. The van der Waals surface area contributed by atoms with E-state index >= 15 is 0 Å². The number of carboxylic acids is 1. The maximum atomic E-state index is 10.9. The third-order valence-corrected chi connectivity index (χ3v) is 2.20. The van der Waals surface area contributed by atoms with E-state index in [1.165, 1.54) is 0 Å². The van der Waals surface area contributed by atoms with Gasteiger partial charge >= 0.3 is 5.97 Å². The van der Waals surface area contributed by atoms with Gasteiger partial charge in [0.2, 0.25) is 0 Å². The first-order chi connectivity index (χ1) is 7.67. The van der Waals surface area contributed by atoms with Crippen molar-refractivity contribution in [2.45, 2.75) is 19.4 Å². The molecule has 0 aromatic heterocycles. The summed E-state index contributed by atoms with van der Waals surface area (Å²) < 4.78 is 10.2. The lowest BCUT2D eigenvalue weighted by Gasteiger charge is -2.12. The van der Waals surface area contributed by atoms with Gasteiger partial charge in [0.1, 0.15) is 5.75 Å². The molecule has 4 nitrogen and oxygen atoms in total. The molecular formula is C12H16O4. The third kappa shape index (κ3) is 3.55. The second-order valence-electron chi connectivity index (χ2n) is 3.34. The van der Waals surface area contributed by atoms with Crippen LogP contribution in [-0.4, -0.2) is 30.9 Å². The number of methoxy groups -OCH3 is 1. The standard InChI is InChI=1S/C12H16O4/c1-3-16-11(12(13)14)8-9-5-4-6-10(7-9)15-2/h4-7,11H,3,8H2,1-2H3,(H,13,14)/t11-/m1/s1. The Balaban J connectivity index is 2.72. The molecule has 88 valence electrons. The van der Waals surface area contributed by atoms with Crippen molar-refractivity contribution in [2.75, 3.05) is 13.7 Å². The molecule has 16 heavy (non-hydrogen) atoms. The molecule has 1 aromatic rings. The van der Waals surface area contributed by atoms with Crippen molar-refractivity contribution in [3.8, 4) is 5.75 Å². The molecule has 0 spiro atoms. The lowest BCUT2D eigenvalue weighted by molar-refractivity contribution is -0.149. The first kappa shape index (κ1) is 12.5. The van der Waals surface area contributed by atoms with Crippen molar-refractivity contribution in [2.24, 2.45) is 0 Å². The van der Waals surface area contributed by atoms with Crippen LogP contribution in [0.2, 0.25) is 0 Å². The molecule has 0 unspecified atom stereocenters. The molecule has 0 fully saturated rings. The van der Waals surface area contributed by atoms with E-state index < -0.39 is 12.1 Å². The first-order valence-electron chi connectivity index (χ1n) is 5.14. The summed E-state index contributed by atoms with van der Waals surface area (Å²) >= 11 is 0. The lowest BCUT2D eigenvalue weighted by atomic mass is 10.1. The zero-order chi connectivity index (χ0) is 12.0. The Hall–Kier alpha value is -1.55. The molecule has 0 heterocycles. The fraction of sp³-hybridized carbons (Fsp3) is 0.417.